The van der Waals surface area contributed by atoms with Gasteiger partial charge in [0.25, 0.3) is 0 Å². The van der Waals surface area contributed by atoms with Crippen molar-refractivity contribution in [2.24, 2.45) is 0 Å². The molecule has 34 heavy (non-hydrogen) atoms. The molecule has 7 heteroatoms. The number of piperidine rings is 1. The Hall–Kier alpha value is -3.58. The minimum atomic E-state index is -0.206. The second kappa shape index (κ2) is 10.1. The minimum Gasteiger partial charge on any atom is -0.493 e. The molecule has 2 aromatic carbocycles. The summed E-state index contributed by atoms with van der Waals surface area (Å²) in [5.41, 5.74) is 11.7. The van der Waals surface area contributed by atoms with Gasteiger partial charge in [0.1, 0.15) is 5.82 Å². The molecular formula is C27H32N4O3. The quantitative estimate of drug-likeness (QED) is 0.550. The smallest absolute Gasteiger partial charge is 0.221 e. The molecule has 0 aliphatic carbocycles. The van der Waals surface area contributed by atoms with E-state index in [9.17, 15) is 4.79 Å². The van der Waals surface area contributed by atoms with Crippen LogP contribution < -0.4 is 20.5 Å². The van der Waals surface area contributed by atoms with Crippen LogP contribution >= 0.6 is 0 Å². The highest BCUT2D eigenvalue weighted by molar-refractivity contribution is 5.93. The van der Waals surface area contributed by atoms with Gasteiger partial charge in [-0.2, -0.15) is 0 Å². The summed E-state index contributed by atoms with van der Waals surface area (Å²) < 4.78 is 11.0. The zero-order valence-corrected chi connectivity index (χ0v) is 20.2. The Morgan fingerprint density at radius 1 is 1.03 bits per heavy atom. The molecular weight excluding hydrogens is 428 g/mol. The van der Waals surface area contributed by atoms with Crippen molar-refractivity contribution in [3.63, 3.8) is 0 Å². The minimum absolute atomic E-state index is 0.206. The fourth-order valence-electron chi connectivity index (χ4n) is 4.56. The summed E-state index contributed by atoms with van der Waals surface area (Å²) in [5, 5.41) is 2.81. The molecule has 1 aromatic heterocycles. The van der Waals surface area contributed by atoms with Crippen molar-refractivity contribution in [1.82, 2.24) is 9.88 Å². The van der Waals surface area contributed by atoms with E-state index in [1.807, 2.05) is 18.2 Å². The van der Waals surface area contributed by atoms with Gasteiger partial charge in [0.15, 0.2) is 11.5 Å². The lowest BCUT2D eigenvalue weighted by atomic mass is 9.88. The van der Waals surface area contributed by atoms with E-state index in [-0.39, 0.29) is 5.91 Å². The summed E-state index contributed by atoms with van der Waals surface area (Å²) in [5.74, 6) is 1.75. The number of carbonyl (C=O) groups excluding carboxylic acids is 1. The Bertz CT molecular complexity index is 1170. The number of ether oxygens (including phenoxy) is 2. The summed E-state index contributed by atoms with van der Waals surface area (Å²) in [7, 11) is 5.28. The Morgan fingerprint density at radius 2 is 1.74 bits per heavy atom. The number of nitrogens with two attached hydrogens (primary N) is 1. The number of hydrogen-bond donors (Lipinski definition) is 2. The number of likely N-dealkylation sites (tertiary alicyclic amines) is 1. The van der Waals surface area contributed by atoms with Gasteiger partial charge in [-0.25, -0.2) is 4.98 Å². The van der Waals surface area contributed by atoms with E-state index >= 15 is 0 Å². The molecule has 0 spiro atoms. The van der Waals surface area contributed by atoms with Crippen LogP contribution in [0.25, 0.3) is 22.3 Å². The molecule has 0 radical (unpaired) electrons. The largest absolute Gasteiger partial charge is 0.493 e. The molecule has 1 amide bonds. The van der Waals surface area contributed by atoms with Gasteiger partial charge in [-0.1, -0.05) is 24.3 Å². The first-order chi connectivity index (χ1) is 16.4. The van der Waals surface area contributed by atoms with E-state index in [0.29, 0.717) is 28.9 Å². The molecule has 0 saturated carbocycles. The zero-order chi connectivity index (χ0) is 24.2. The van der Waals surface area contributed by atoms with Crippen molar-refractivity contribution in [2.45, 2.75) is 25.7 Å². The van der Waals surface area contributed by atoms with Gasteiger partial charge in [-0.15, -0.1) is 0 Å². The normalized spacial score (nSPS) is 14.6. The van der Waals surface area contributed by atoms with Gasteiger partial charge >= 0.3 is 0 Å². The third-order valence-electron chi connectivity index (χ3n) is 6.45. The molecule has 4 rings (SSSR count). The summed E-state index contributed by atoms with van der Waals surface area (Å²) in [4.78, 5) is 18.6. The number of benzene rings is 2. The fraction of sp³-hybridized carbons (Fsp3) is 0.333. The standard InChI is InChI=1S/C27H32N4O3/c1-17(32)30-24-14-21(15-25(33-3)26(24)34-4)23-13-22(16-29-27(23)28)19-7-5-18(6-8-19)20-9-11-31(2)12-10-20/h5-8,13-16,20H,9-12H2,1-4H3,(H2,28,29)(H,30,32). The number of aromatic nitrogens is 1. The van der Waals surface area contributed by atoms with Gasteiger partial charge in [-0.3, -0.25) is 4.79 Å². The van der Waals surface area contributed by atoms with Gasteiger partial charge in [0, 0.05) is 24.2 Å². The van der Waals surface area contributed by atoms with Crippen molar-refractivity contribution >= 4 is 17.4 Å². The van der Waals surface area contributed by atoms with Gasteiger partial charge < -0.3 is 25.4 Å². The van der Waals surface area contributed by atoms with E-state index in [0.717, 1.165) is 35.3 Å². The highest BCUT2D eigenvalue weighted by Gasteiger charge is 2.19. The van der Waals surface area contributed by atoms with E-state index in [2.05, 4.69) is 46.5 Å². The average Bonchev–Trinajstić information content (AvgIpc) is 2.84. The number of nitrogen functional groups attached to an aromatic ring is 1. The molecule has 1 saturated heterocycles. The Labute approximate surface area is 200 Å². The van der Waals surface area contributed by atoms with Crippen molar-refractivity contribution in [1.29, 1.82) is 0 Å². The molecule has 1 fully saturated rings. The number of amides is 1. The summed E-state index contributed by atoms with van der Waals surface area (Å²) in [6.07, 6.45) is 4.18. The third-order valence-corrected chi connectivity index (χ3v) is 6.45. The van der Waals surface area contributed by atoms with Crippen LogP contribution in [-0.2, 0) is 4.79 Å². The average molecular weight is 461 g/mol. The second-order valence-corrected chi connectivity index (χ2v) is 8.80. The molecule has 178 valence electrons. The highest BCUT2D eigenvalue weighted by atomic mass is 16.5. The number of anilines is 2. The van der Waals surface area contributed by atoms with Crippen molar-refractivity contribution < 1.29 is 14.3 Å². The van der Waals surface area contributed by atoms with E-state index in [1.54, 1.807) is 13.3 Å². The maximum absolute atomic E-state index is 11.7. The molecule has 3 N–H and O–H groups in total. The van der Waals surface area contributed by atoms with Crippen LogP contribution in [0.15, 0.2) is 48.7 Å². The topological polar surface area (TPSA) is 89.7 Å². The lowest BCUT2D eigenvalue weighted by molar-refractivity contribution is -0.114. The summed E-state index contributed by atoms with van der Waals surface area (Å²) in [6.45, 7) is 3.73. The fourth-order valence-corrected chi connectivity index (χ4v) is 4.56. The van der Waals surface area contributed by atoms with Crippen molar-refractivity contribution in [3.8, 4) is 33.8 Å². The Balaban J connectivity index is 1.68. The van der Waals surface area contributed by atoms with E-state index < -0.39 is 0 Å². The van der Waals surface area contributed by atoms with Crippen LogP contribution in [0.2, 0.25) is 0 Å². The lowest BCUT2D eigenvalue weighted by Crippen LogP contribution is -2.29. The van der Waals surface area contributed by atoms with Crippen LogP contribution in [0.4, 0.5) is 11.5 Å². The maximum Gasteiger partial charge on any atom is 0.221 e. The first-order valence-electron chi connectivity index (χ1n) is 11.5. The SMILES string of the molecule is COc1cc(-c2cc(-c3ccc(C4CCN(C)CC4)cc3)cnc2N)cc(NC(C)=O)c1OC. The number of nitrogens with one attached hydrogen (secondary N) is 1. The second-order valence-electron chi connectivity index (χ2n) is 8.80. The Kier molecular flexibility index (Phi) is 7.03. The zero-order valence-electron chi connectivity index (χ0n) is 20.2. The monoisotopic (exact) mass is 460 g/mol. The number of rotatable bonds is 6. The number of nitrogens with zero attached hydrogens (tertiary/aromatic N) is 2. The lowest BCUT2D eigenvalue weighted by Gasteiger charge is -2.29. The summed E-state index contributed by atoms with van der Waals surface area (Å²) in [6, 6.07) is 14.4. The molecule has 1 aliphatic rings. The third kappa shape index (κ3) is 4.99. The Morgan fingerprint density at radius 3 is 2.35 bits per heavy atom. The number of carbonyl (C=O) groups is 1. The van der Waals surface area contributed by atoms with Crippen molar-refractivity contribution in [2.75, 3.05) is 45.4 Å². The molecule has 0 bridgehead atoms. The molecule has 3 aromatic rings. The predicted octanol–water partition coefficient (Wildman–Crippen LogP) is 4.78. The maximum atomic E-state index is 11.7. The number of pyridine rings is 1. The van der Waals surface area contributed by atoms with Gasteiger partial charge in [0.2, 0.25) is 5.91 Å². The molecule has 7 nitrogen and oxygen atoms in total. The van der Waals surface area contributed by atoms with E-state index in [1.165, 1.54) is 32.4 Å². The van der Waals surface area contributed by atoms with E-state index in [4.69, 9.17) is 15.2 Å². The molecule has 0 atom stereocenters. The number of hydrogen-bond acceptors (Lipinski definition) is 6. The van der Waals surface area contributed by atoms with Gasteiger partial charge in [-0.05, 0) is 73.8 Å². The summed E-state index contributed by atoms with van der Waals surface area (Å²) >= 11 is 0. The predicted molar refractivity (Wildman–Crippen MR) is 136 cm³/mol. The number of methoxy groups -OCH3 is 2. The first-order valence-corrected chi connectivity index (χ1v) is 11.5. The molecule has 2 heterocycles. The van der Waals surface area contributed by atoms with Gasteiger partial charge in [0.05, 0.1) is 19.9 Å². The molecule has 1 aliphatic heterocycles. The van der Waals surface area contributed by atoms with Crippen LogP contribution in [0.3, 0.4) is 0 Å². The highest BCUT2D eigenvalue weighted by Crippen LogP contribution is 2.41. The first kappa shape index (κ1) is 23.6. The van der Waals surface area contributed by atoms with Crippen LogP contribution in [0.5, 0.6) is 11.5 Å². The van der Waals surface area contributed by atoms with Crippen LogP contribution in [0.1, 0.15) is 31.2 Å². The van der Waals surface area contributed by atoms with Crippen LogP contribution in [-0.4, -0.2) is 50.1 Å². The van der Waals surface area contributed by atoms with Crippen LogP contribution in [0, 0.1) is 0 Å². The van der Waals surface area contributed by atoms with Crippen molar-refractivity contribution in [3.05, 3.63) is 54.2 Å². The molecule has 0 unspecified atom stereocenters.